The van der Waals surface area contributed by atoms with Crippen LogP contribution in [0.4, 0.5) is 0 Å². The third kappa shape index (κ3) is 4.91. The fourth-order valence-electron chi connectivity index (χ4n) is 1.95. The molecule has 0 aliphatic heterocycles. The zero-order valence-corrected chi connectivity index (χ0v) is 12.4. The van der Waals surface area contributed by atoms with E-state index in [-0.39, 0.29) is 0 Å². The number of hydrogen-bond acceptors (Lipinski definition) is 1. The molecule has 0 amide bonds. The molecule has 0 radical (unpaired) electrons. The summed E-state index contributed by atoms with van der Waals surface area (Å²) in [7, 11) is 0. The van der Waals surface area contributed by atoms with Crippen molar-refractivity contribution in [2.24, 2.45) is 0 Å². The fourth-order valence-corrected chi connectivity index (χ4v) is 1.95. The van der Waals surface area contributed by atoms with Crippen molar-refractivity contribution in [1.29, 1.82) is 0 Å². The minimum absolute atomic E-state index is 0.305. The van der Waals surface area contributed by atoms with E-state index >= 15 is 0 Å². The Morgan fingerprint density at radius 2 is 1.45 bits per heavy atom. The van der Waals surface area contributed by atoms with Crippen LogP contribution in [0.25, 0.3) is 12.2 Å². The Morgan fingerprint density at radius 1 is 0.909 bits per heavy atom. The highest BCUT2D eigenvalue weighted by Gasteiger charge is 2.00. The molecule has 0 unspecified atom stereocenters. The topological polar surface area (TPSA) is 37.3 Å². The van der Waals surface area contributed by atoms with Crippen molar-refractivity contribution in [3.05, 3.63) is 95.1 Å². The van der Waals surface area contributed by atoms with E-state index in [2.05, 4.69) is 0 Å². The van der Waals surface area contributed by atoms with Gasteiger partial charge in [0.2, 0.25) is 0 Å². The third-order valence-corrected chi connectivity index (χ3v) is 3.12. The lowest BCUT2D eigenvalue weighted by molar-refractivity contribution is -0.132. The van der Waals surface area contributed by atoms with E-state index in [0.717, 1.165) is 16.7 Å². The molecule has 2 nitrogen and oxygen atoms in total. The number of rotatable bonds is 5. The molecule has 2 rings (SSSR count). The third-order valence-electron chi connectivity index (χ3n) is 3.12. The van der Waals surface area contributed by atoms with Crippen molar-refractivity contribution in [3.63, 3.8) is 0 Å². The van der Waals surface area contributed by atoms with E-state index < -0.39 is 5.97 Å². The highest BCUT2D eigenvalue weighted by Crippen LogP contribution is 2.13. The average Bonchev–Trinajstić information content (AvgIpc) is 2.54. The van der Waals surface area contributed by atoms with Gasteiger partial charge in [-0.25, -0.2) is 4.79 Å². The van der Waals surface area contributed by atoms with Crippen molar-refractivity contribution in [3.8, 4) is 0 Å². The summed E-state index contributed by atoms with van der Waals surface area (Å²) in [6, 6.07) is 19.8. The summed E-state index contributed by atoms with van der Waals surface area (Å²) < 4.78 is 0. The maximum absolute atomic E-state index is 11.0. The first-order valence-corrected chi connectivity index (χ1v) is 7.06. The molecule has 1 N–H and O–H groups in total. The Morgan fingerprint density at radius 3 is 2.00 bits per heavy atom. The summed E-state index contributed by atoms with van der Waals surface area (Å²) >= 11 is 0. The van der Waals surface area contributed by atoms with Crippen LogP contribution in [0.2, 0.25) is 0 Å². The Hall–Kier alpha value is -2.87. The van der Waals surface area contributed by atoms with Crippen LogP contribution in [0, 0.1) is 0 Å². The van der Waals surface area contributed by atoms with Gasteiger partial charge in [0.25, 0.3) is 0 Å². The van der Waals surface area contributed by atoms with E-state index in [1.54, 1.807) is 13.0 Å². The second-order valence-electron chi connectivity index (χ2n) is 4.93. The lowest BCUT2D eigenvalue weighted by Gasteiger charge is -2.00. The first-order valence-electron chi connectivity index (χ1n) is 7.06. The SMILES string of the molecule is CC(=CC(C=Cc1ccccc1)=Cc1ccccc1)C(=O)O. The summed E-state index contributed by atoms with van der Waals surface area (Å²) in [5, 5.41) is 9.06. The van der Waals surface area contributed by atoms with Crippen LogP contribution in [0.5, 0.6) is 0 Å². The van der Waals surface area contributed by atoms with Crippen LogP contribution in [0.1, 0.15) is 18.1 Å². The average molecular weight is 290 g/mol. The highest BCUT2D eigenvalue weighted by atomic mass is 16.4. The van der Waals surface area contributed by atoms with Gasteiger partial charge >= 0.3 is 5.97 Å². The summed E-state index contributed by atoms with van der Waals surface area (Å²) in [6.45, 7) is 1.59. The fraction of sp³-hybridized carbons (Fsp3) is 0.0500. The molecule has 0 fully saturated rings. The predicted octanol–water partition coefficient (Wildman–Crippen LogP) is 4.81. The van der Waals surface area contributed by atoms with Crippen molar-refractivity contribution in [2.75, 3.05) is 0 Å². The Balaban J connectivity index is 2.34. The molecule has 0 atom stereocenters. The Labute approximate surface area is 130 Å². The lowest BCUT2D eigenvalue weighted by atomic mass is 10.1. The van der Waals surface area contributed by atoms with E-state index in [0.29, 0.717) is 5.57 Å². The molecule has 0 bridgehead atoms. The maximum atomic E-state index is 11.0. The quantitative estimate of drug-likeness (QED) is 0.633. The van der Waals surface area contributed by atoms with Crippen molar-refractivity contribution >= 4 is 18.1 Å². The van der Waals surface area contributed by atoms with Crippen LogP contribution in [-0.2, 0) is 4.79 Å². The smallest absolute Gasteiger partial charge is 0.331 e. The molecule has 0 spiro atoms. The van der Waals surface area contributed by atoms with Gasteiger partial charge < -0.3 is 5.11 Å². The van der Waals surface area contributed by atoms with Gasteiger partial charge in [-0.05, 0) is 35.8 Å². The van der Waals surface area contributed by atoms with Gasteiger partial charge in [0.05, 0.1) is 0 Å². The number of hydrogen-bond donors (Lipinski definition) is 1. The zero-order valence-electron chi connectivity index (χ0n) is 12.4. The van der Waals surface area contributed by atoms with Crippen molar-refractivity contribution in [2.45, 2.75) is 6.92 Å². The van der Waals surface area contributed by atoms with E-state index in [9.17, 15) is 4.79 Å². The van der Waals surface area contributed by atoms with Crippen LogP contribution in [0.3, 0.4) is 0 Å². The summed E-state index contributed by atoms with van der Waals surface area (Å²) in [4.78, 5) is 11.0. The molecule has 2 aromatic rings. The molecule has 22 heavy (non-hydrogen) atoms. The number of carboxylic acids is 1. The maximum Gasteiger partial charge on any atom is 0.331 e. The van der Waals surface area contributed by atoms with Gasteiger partial charge in [-0.2, -0.15) is 0 Å². The van der Waals surface area contributed by atoms with Crippen LogP contribution >= 0.6 is 0 Å². The van der Waals surface area contributed by atoms with Gasteiger partial charge in [-0.15, -0.1) is 0 Å². The first kappa shape index (κ1) is 15.5. The monoisotopic (exact) mass is 290 g/mol. The van der Waals surface area contributed by atoms with Crippen LogP contribution in [0.15, 0.2) is 84.0 Å². The van der Waals surface area contributed by atoms with E-state index in [1.807, 2.05) is 78.9 Å². The molecule has 2 heteroatoms. The van der Waals surface area contributed by atoms with Gasteiger partial charge in [-0.1, -0.05) is 72.8 Å². The zero-order chi connectivity index (χ0) is 15.8. The normalized spacial score (nSPS) is 12.6. The van der Waals surface area contributed by atoms with E-state index in [4.69, 9.17) is 5.11 Å². The minimum Gasteiger partial charge on any atom is -0.478 e. The van der Waals surface area contributed by atoms with Gasteiger partial charge in [0.1, 0.15) is 0 Å². The number of aliphatic carboxylic acids is 1. The number of carbonyl (C=O) groups is 1. The molecule has 0 aliphatic carbocycles. The van der Waals surface area contributed by atoms with Crippen LogP contribution in [-0.4, -0.2) is 11.1 Å². The Kier molecular flexibility index (Phi) is 5.50. The molecular weight excluding hydrogens is 272 g/mol. The molecule has 0 aliphatic rings. The van der Waals surface area contributed by atoms with Crippen molar-refractivity contribution < 1.29 is 9.90 Å². The Bertz CT molecular complexity index is 708. The summed E-state index contributed by atoms with van der Waals surface area (Å²) in [5.74, 6) is -0.910. The number of carboxylic acid groups (broad SMARTS) is 1. The summed E-state index contributed by atoms with van der Waals surface area (Å²) in [6.07, 6.45) is 7.54. The molecule has 110 valence electrons. The number of allylic oxidation sites excluding steroid dienone is 3. The largest absolute Gasteiger partial charge is 0.478 e. The molecule has 0 heterocycles. The summed E-state index contributed by atoms with van der Waals surface area (Å²) in [5.41, 5.74) is 3.25. The molecule has 0 saturated carbocycles. The minimum atomic E-state index is -0.910. The van der Waals surface area contributed by atoms with Gasteiger partial charge in [0.15, 0.2) is 0 Å². The van der Waals surface area contributed by atoms with E-state index in [1.165, 1.54) is 0 Å². The van der Waals surface area contributed by atoms with Gasteiger partial charge in [0, 0.05) is 5.57 Å². The molecular formula is C20H18O2. The molecule has 2 aromatic carbocycles. The standard InChI is InChI=1S/C20H18O2/c1-16(20(21)22)14-19(15-18-10-6-3-7-11-18)13-12-17-8-4-2-5-9-17/h2-15H,1H3,(H,21,22). The first-order chi connectivity index (χ1) is 10.6. The number of benzene rings is 2. The van der Waals surface area contributed by atoms with Crippen LogP contribution < -0.4 is 0 Å². The second kappa shape index (κ2) is 7.79. The van der Waals surface area contributed by atoms with Crippen molar-refractivity contribution in [1.82, 2.24) is 0 Å². The van der Waals surface area contributed by atoms with Gasteiger partial charge in [-0.3, -0.25) is 0 Å². The lowest BCUT2D eigenvalue weighted by Crippen LogP contribution is -1.96. The molecule has 0 aromatic heterocycles. The molecule has 0 saturated heterocycles. The second-order valence-corrected chi connectivity index (χ2v) is 4.93. The predicted molar refractivity (Wildman–Crippen MR) is 91.3 cm³/mol. The highest BCUT2D eigenvalue weighted by molar-refractivity contribution is 5.87.